The third kappa shape index (κ3) is 7.67. The fourth-order valence-corrected chi connectivity index (χ4v) is 3.30. The molecule has 154 valence electrons. The van der Waals surface area contributed by atoms with Crippen LogP contribution in [-0.2, 0) is 23.1 Å². The molecule has 0 amide bonds. The molecule has 0 aliphatic rings. The smallest absolute Gasteiger partial charge is 0.229 e. The molecule has 0 fully saturated rings. The van der Waals surface area contributed by atoms with E-state index in [-0.39, 0.29) is 24.0 Å². The molecule has 0 unspecified atom stereocenters. The Morgan fingerprint density at radius 2 is 1.68 bits per heavy atom. The predicted octanol–water partition coefficient (Wildman–Crippen LogP) is 3.58. The van der Waals surface area contributed by atoms with E-state index < -0.39 is 10.0 Å². The molecule has 2 aromatic carbocycles. The zero-order chi connectivity index (χ0) is 19.9. The fourth-order valence-electron chi connectivity index (χ4n) is 2.71. The van der Waals surface area contributed by atoms with E-state index in [4.69, 9.17) is 4.99 Å². The van der Waals surface area contributed by atoms with Crippen molar-refractivity contribution >= 4 is 45.6 Å². The van der Waals surface area contributed by atoms with Crippen molar-refractivity contribution in [3.05, 3.63) is 65.2 Å². The molecule has 2 N–H and O–H groups in total. The molecule has 2 aromatic rings. The average molecular weight is 516 g/mol. The van der Waals surface area contributed by atoms with Crippen LogP contribution in [0.2, 0.25) is 0 Å². The zero-order valence-corrected chi connectivity index (χ0v) is 19.9. The quantitative estimate of drug-likeness (QED) is 0.335. The molecule has 0 aliphatic heterocycles. The first-order chi connectivity index (χ1) is 12.8. The molecule has 0 heterocycles. The summed E-state index contributed by atoms with van der Waals surface area (Å²) in [5.74, 6) is 0.773. The summed E-state index contributed by atoms with van der Waals surface area (Å²) in [6, 6.07) is 15.6. The number of nitrogens with one attached hydrogen (secondary N) is 2. The molecule has 6 nitrogen and oxygen atoms in total. The molecule has 0 aliphatic carbocycles. The highest BCUT2D eigenvalue weighted by molar-refractivity contribution is 14.0. The maximum Gasteiger partial charge on any atom is 0.229 e. The van der Waals surface area contributed by atoms with Gasteiger partial charge in [0, 0.05) is 20.1 Å². The van der Waals surface area contributed by atoms with Gasteiger partial charge in [-0.25, -0.2) is 13.4 Å². The van der Waals surface area contributed by atoms with Gasteiger partial charge in [0.2, 0.25) is 10.0 Å². The summed E-state index contributed by atoms with van der Waals surface area (Å²) in [6.45, 7) is 5.98. The van der Waals surface area contributed by atoms with Crippen LogP contribution < -0.4 is 10.0 Å². The molecule has 0 spiro atoms. The monoisotopic (exact) mass is 516 g/mol. The Kier molecular flexibility index (Phi) is 9.74. The normalized spacial score (nSPS) is 11.5. The van der Waals surface area contributed by atoms with Gasteiger partial charge in [0.15, 0.2) is 5.96 Å². The van der Waals surface area contributed by atoms with Gasteiger partial charge in [-0.05, 0) is 36.6 Å². The number of rotatable bonds is 7. The van der Waals surface area contributed by atoms with E-state index in [1.807, 2.05) is 38.2 Å². The van der Waals surface area contributed by atoms with E-state index in [2.05, 4.69) is 34.0 Å². The van der Waals surface area contributed by atoms with Gasteiger partial charge in [0.05, 0.1) is 18.5 Å². The zero-order valence-electron chi connectivity index (χ0n) is 16.8. The number of anilines is 1. The Hall–Kier alpha value is -1.81. The number of benzene rings is 2. The third-order valence-electron chi connectivity index (χ3n) is 4.08. The summed E-state index contributed by atoms with van der Waals surface area (Å²) in [7, 11) is -1.34. The van der Waals surface area contributed by atoms with Crippen LogP contribution in [0.15, 0.2) is 53.5 Å². The highest BCUT2D eigenvalue weighted by Crippen LogP contribution is 2.17. The van der Waals surface area contributed by atoms with Gasteiger partial charge in [0.25, 0.3) is 0 Å². The van der Waals surface area contributed by atoms with Crippen molar-refractivity contribution in [1.82, 2.24) is 10.2 Å². The lowest BCUT2D eigenvalue weighted by Gasteiger charge is -2.23. The Labute approximate surface area is 185 Å². The van der Waals surface area contributed by atoms with Crippen LogP contribution in [0.3, 0.4) is 0 Å². The van der Waals surface area contributed by atoms with Crippen molar-refractivity contribution in [2.45, 2.75) is 26.9 Å². The molecule has 0 aromatic heterocycles. The van der Waals surface area contributed by atoms with Crippen LogP contribution in [0.5, 0.6) is 0 Å². The first kappa shape index (κ1) is 24.2. The lowest BCUT2D eigenvalue weighted by Crippen LogP contribution is -2.38. The van der Waals surface area contributed by atoms with Crippen molar-refractivity contribution in [2.24, 2.45) is 4.99 Å². The number of nitrogens with zero attached hydrogens (tertiary/aromatic N) is 2. The number of sulfonamides is 1. The Morgan fingerprint density at radius 1 is 1.07 bits per heavy atom. The van der Waals surface area contributed by atoms with E-state index in [0.717, 1.165) is 30.9 Å². The number of guanidine groups is 1. The van der Waals surface area contributed by atoms with E-state index in [9.17, 15) is 8.42 Å². The minimum Gasteiger partial charge on any atom is -0.357 e. The maximum atomic E-state index is 11.6. The summed E-state index contributed by atoms with van der Waals surface area (Å²) < 4.78 is 25.7. The van der Waals surface area contributed by atoms with Gasteiger partial charge in [-0.3, -0.25) is 4.72 Å². The van der Waals surface area contributed by atoms with E-state index in [1.165, 1.54) is 11.1 Å². The SMILES string of the molecule is CCNC(=NCc1ccccc1NS(C)(=O)=O)N(C)Cc1ccccc1C.I. The first-order valence-corrected chi connectivity index (χ1v) is 10.8. The van der Waals surface area contributed by atoms with Crippen LogP contribution in [0, 0.1) is 6.92 Å². The number of aryl methyl sites for hydroxylation is 1. The maximum absolute atomic E-state index is 11.6. The Morgan fingerprint density at radius 3 is 2.29 bits per heavy atom. The molecule has 0 bridgehead atoms. The summed E-state index contributed by atoms with van der Waals surface area (Å²) in [5, 5.41) is 3.30. The minimum atomic E-state index is -3.33. The number of para-hydroxylation sites is 1. The van der Waals surface area contributed by atoms with Crippen molar-refractivity contribution in [3.63, 3.8) is 0 Å². The number of halogens is 1. The van der Waals surface area contributed by atoms with Crippen molar-refractivity contribution in [3.8, 4) is 0 Å². The summed E-state index contributed by atoms with van der Waals surface area (Å²) in [5.41, 5.74) is 3.86. The summed E-state index contributed by atoms with van der Waals surface area (Å²) >= 11 is 0. The Balaban J connectivity index is 0.00000392. The van der Waals surface area contributed by atoms with Crippen LogP contribution in [0.1, 0.15) is 23.6 Å². The molecule has 0 atom stereocenters. The lowest BCUT2D eigenvalue weighted by atomic mass is 10.1. The van der Waals surface area contributed by atoms with Gasteiger partial charge >= 0.3 is 0 Å². The predicted molar refractivity (Wildman–Crippen MR) is 128 cm³/mol. The molecular formula is C20H29IN4O2S. The number of aliphatic imine (C=N–C) groups is 1. The topological polar surface area (TPSA) is 73.8 Å². The lowest BCUT2D eigenvalue weighted by molar-refractivity contribution is 0.475. The molecule has 0 saturated heterocycles. The van der Waals surface area contributed by atoms with Gasteiger partial charge in [-0.2, -0.15) is 0 Å². The largest absolute Gasteiger partial charge is 0.357 e. The number of hydrogen-bond donors (Lipinski definition) is 2. The standard InChI is InChI=1S/C20H28N4O2S.HI/c1-5-21-20(24(3)15-18-12-7-6-10-16(18)2)22-14-17-11-8-9-13-19(17)23-27(4,25)26;/h6-13,23H,5,14-15H2,1-4H3,(H,21,22);1H. The summed E-state index contributed by atoms with van der Waals surface area (Å²) in [4.78, 5) is 6.76. The van der Waals surface area contributed by atoms with E-state index in [0.29, 0.717) is 12.2 Å². The highest BCUT2D eigenvalue weighted by atomic mass is 127. The van der Waals surface area contributed by atoms with Gasteiger partial charge in [-0.15, -0.1) is 24.0 Å². The minimum absolute atomic E-state index is 0. The van der Waals surface area contributed by atoms with Gasteiger partial charge in [0.1, 0.15) is 0 Å². The second kappa shape index (κ2) is 11.3. The first-order valence-electron chi connectivity index (χ1n) is 8.90. The van der Waals surface area contributed by atoms with Crippen LogP contribution in [0.4, 0.5) is 5.69 Å². The second-order valence-corrected chi connectivity index (χ2v) is 8.23. The Bertz CT molecular complexity index is 901. The van der Waals surface area contributed by atoms with Gasteiger partial charge in [-0.1, -0.05) is 42.5 Å². The molecule has 28 heavy (non-hydrogen) atoms. The van der Waals surface area contributed by atoms with Crippen molar-refractivity contribution < 1.29 is 8.42 Å². The van der Waals surface area contributed by atoms with Crippen molar-refractivity contribution in [1.29, 1.82) is 0 Å². The van der Waals surface area contributed by atoms with E-state index in [1.54, 1.807) is 12.1 Å². The summed E-state index contributed by atoms with van der Waals surface area (Å²) in [6.07, 6.45) is 1.15. The van der Waals surface area contributed by atoms with Crippen LogP contribution >= 0.6 is 24.0 Å². The highest BCUT2D eigenvalue weighted by Gasteiger charge is 2.10. The van der Waals surface area contributed by atoms with E-state index >= 15 is 0 Å². The number of hydrogen-bond acceptors (Lipinski definition) is 3. The fraction of sp³-hybridized carbons (Fsp3) is 0.350. The molecule has 0 saturated carbocycles. The second-order valence-electron chi connectivity index (χ2n) is 6.48. The average Bonchev–Trinajstić information content (AvgIpc) is 2.60. The molecule has 0 radical (unpaired) electrons. The molecule has 2 rings (SSSR count). The van der Waals surface area contributed by atoms with Crippen molar-refractivity contribution in [2.75, 3.05) is 24.6 Å². The van der Waals surface area contributed by atoms with Crippen LogP contribution in [-0.4, -0.2) is 39.1 Å². The molecular weight excluding hydrogens is 487 g/mol. The molecule has 8 heteroatoms. The van der Waals surface area contributed by atoms with Gasteiger partial charge < -0.3 is 10.2 Å². The van der Waals surface area contributed by atoms with Crippen LogP contribution in [0.25, 0.3) is 0 Å². The third-order valence-corrected chi connectivity index (χ3v) is 4.67.